The van der Waals surface area contributed by atoms with E-state index < -0.39 is 0 Å². The molecule has 0 bridgehead atoms. The lowest BCUT2D eigenvalue weighted by atomic mass is 10.1. The van der Waals surface area contributed by atoms with E-state index in [9.17, 15) is 0 Å². The minimum Gasteiger partial charge on any atom is -0.343 e. The van der Waals surface area contributed by atoms with Crippen molar-refractivity contribution >= 4 is 22.5 Å². The molecule has 19 heavy (non-hydrogen) atoms. The summed E-state index contributed by atoms with van der Waals surface area (Å²) >= 11 is 6.03. The lowest BCUT2D eigenvalue weighted by Crippen LogP contribution is -1.99. The van der Waals surface area contributed by atoms with Gasteiger partial charge in [0.05, 0.1) is 0 Å². The van der Waals surface area contributed by atoms with Gasteiger partial charge in [0.2, 0.25) is 0 Å². The Morgan fingerprint density at radius 3 is 2.68 bits per heavy atom. The minimum absolute atomic E-state index is 0.568. The number of rotatable bonds is 3. The quantitative estimate of drug-likeness (QED) is 0.771. The second-order valence-corrected chi connectivity index (χ2v) is 5.06. The van der Waals surface area contributed by atoms with Crippen molar-refractivity contribution in [3.05, 3.63) is 70.9 Å². The van der Waals surface area contributed by atoms with Crippen molar-refractivity contribution in [2.75, 3.05) is 0 Å². The third-order valence-electron chi connectivity index (χ3n) is 3.37. The minimum atomic E-state index is 0.568. The highest BCUT2D eigenvalue weighted by Gasteiger charge is 2.05. The van der Waals surface area contributed by atoms with E-state index >= 15 is 0 Å². The van der Waals surface area contributed by atoms with Crippen LogP contribution < -0.4 is 5.73 Å². The Balaban J connectivity index is 2.02. The molecule has 0 aliphatic carbocycles. The number of halogens is 1. The third kappa shape index (κ3) is 2.37. The molecule has 0 saturated carbocycles. The zero-order valence-corrected chi connectivity index (χ0v) is 11.3. The summed E-state index contributed by atoms with van der Waals surface area (Å²) in [5.74, 6) is 0. The molecule has 0 unspecified atom stereocenters. The molecule has 3 aromatic rings. The molecule has 3 rings (SSSR count). The second kappa shape index (κ2) is 5.08. The van der Waals surface area contributed by atoms with Crippen LogP contribution in [0.5, 0.6) is 0 Å². The van der Waals surface area contributed by atoms with Gasteiger partial charge in [-0.25, -0.2) is 0 Å². The average molecular weight is 271 g/mol. The Hall–Kier alpha value is -1.77. The van der Waals surface area contributed by atoms with Crippen molar-refractivity contribution < 1.29 is 0 Å². The molecule has 0 aliphatic rings. The van der Waals surface area contributed by atoms with Gasteiger partial charge in [-0.2, -0.15) is 0 Å². The molecule has 3 heteroatoms. The number of benzene rings is 2. The molecule has 0 amide bonds. The van der Waals surface area contributed by atoms with Crippen LogP contribution >= 0.6 is 11.6 Å². The van der Waals surface area contributed by atoms with Crippen LogP contribution in [-0.4, -0.2) is 4.57 Å². The van der Waals surface area contributed by atoms with E-state index in [-0.39, 0.29) is 0 Å². The van der Waals surface area contributed by atoms with Crippen molar-refractivity contribution in [2.45, 2.75) is 13.1 Å². The van der Waals surface area contributed by atoms with Gasteiger partial charge in [-0.15, -0.1) is 0 Å². The number of fused-ring (bicyclic) bond motifs is 1. The van der Waals surface area contributed by atoms with Crippen LogP contribution in [0.2, 0.25) is 5.02 Å². The van der Waals surface area contributed by atoms with Gasteiger partial charge >= 0.3 is 0 Å². The Labute approximate surface area is 117 Å². The zero-order chi connectivity index (χ0) is 13.2. The van der Waals surface area contributed by atoms with E-state index in [4.69, 9.17) is 17.3 Å². The zero-order valence-electron chi connectivity index (χ0n) is 10.5. The summed E-state index contributed by atoms with van der Waals surface area (Å²) in [6, 6.07) is 16.3. The van der Waals surface area contributed by atoms with Gasteiger partial charge in [-0.05, 0) is 35.4 Å². The number of nitrogens with two attached hydrogens (primary N) is 1. The summed E-state index contributed by atoms with van der Waals surface area (Å²) in [7, 11) is 0. The van der Waals surface area contributed by atoms with Crippen molar-refractivity contribution in [1.29, 1.82) is 0 Å². The molecule has 2 nitrogen and oxygen atoms in total. The van der Waals surface area contributed by atoms with Gasteiger partial charge in [0.1, 0.15) is 0 Å². The highest BCUT2D eigenvalue weighted by Crippen LogP contribution is 2.21. The fraction of sp³-hybridized carbons (Fsp3) is 0.125. The number of nitrogens with zero attached hydrogens (tertiary/aromatic N) is 1. The summed E-state index contributed by atoms with van der Waals surface area (Å²) in [5, 5.41) is 2.00. The lowest BCUT2D eigenvalue weighted by Gasteiger charge is -2.07. The van der Waals surface area contributed by atoms with Crippen LogP contribution in [0.4, 0.5) is 0 Å². The first-order valence-corrected chi connectivity index (χ1v) is 6.67. The molecular formula is C16H15ClN2. The molecule has 0 atom stereocenters. The predicted octanol–water partition coefficient (Wildman–Crippen LogP) is 3.80. The summed E-state index contributed by atoms with van der Waals surface area (Å²) in [4.78, 5) is 0. The molecule has 96 valence electrons. The maximum Gasteiger partial charge on any atom is 0.0486 e. The van der Waals surface area contributed by atoms with Gasteiger partial charge in [0.25, 0.3) is 0 Å². The summed E-state index contributed by atoms with van der Waals surface area (Å²) in [5.41, 5.74) is 9.36. The van der Waals surface area contributed by atoms with Gasteiger partial charge < -0.3 is 10.3 Å². The maximum atomic E-state index is 6.03. The summed E-state index contributed by atoms with van der Waals surface area (Å²) in [6.45, 7) is 1.39. The summed E-state index contributed by atoms with van der Waals surface area (Å²) < 4.78 is 2.22. The van der Waals surface area contributed by atoms with E-state index in [2.05, 4.69) is 41.1 Å². The fourth-order valence-electron chi connectivity index (χ4n) is 2.44. The van der Waals surface area contributed by atoms with Gasteiger partial charge in [-0.1, -0.05) is 35.9 Å². The van der Waals surface area contributed by atoms with Crippen molar-refractivity contribution in [2.24, 2.45) is 5.73 Å². The van der Waals surface area contributed by atoms with E-state index in [1.807, 2.05) is 18.2 Å². The molecular weight excluding hydrogens is 256 g/mol. The highest BCUT2D eigenvalue weighted by molar-refractivity contribution is 6.30. The third-order valence-corrected chi connectivity index (χ3v) is 3.60. The predicted molar refractivity (Wildman–Crippen MR) is 80.4 cm³/mol. The molecule has 2 aromatic carbocycles. The van der Waals surface area contributed by atoms with Crippen LogP contribution in [-0.2, 0) is 13.1 Å². The first kappa shape index (κ1) is 12.3. The monoisotopic (exact) mass is 270 g/mol. The number of aromatic nitrogens is 1. The molecule has 0 radical (unpaired) electrons. The standard InChI is InChI=1S/C16H15ClN2/c17-14-5-1-3-12(9-14)11-19-8-7-15-13(10-18)4-2-6-16(15)19/h1-9H,10-11,18H2. The first-order chi connectivity index (χ1) is 9.28. The van der Waals surface area contributed by atoms with Crippen LogP contribution in [0.1, 0.15) is 11.1 Å². The molecule has 0 spiro atoms. The van der Waals surface area contributed by atoms with E-state index in [1.54, 1.807) is 0 Å². The number of hydrogen-bond donors (Lipinski definition) is 1. The van der Waals surface area contributed by atoms with E-state index in [0.717, 1.165) is 11.6 Å². The largest absolute Gasteiger partial charge is 0.343 e. The van der Waals surface area contributed by atoms with Crippen molar-refractivity contribution in [1.82, 2.24) is 4.57 Å². The normalized spacial score (nSPS) is 11.1. The Bertz CT molecular complexity index is 716. The van der Waals surface area contributed by atoms with Crippen molar-refractivity contribution in [3.8, 4) is 0 Å². The van der Waals surface area contributed by atoms with E-state index in [0.29, 0.717) is 6.54 Å². The van der Waals surface area contributed by atoms with Gasteiger partial charge in [0.15, 0.2) is 0 Å². The highest BCUT2D eigenvalue weighted by atomic mass is 35.5. The van der Waals surface area contributed by atoms with Crippen LogP contribution in [0.25, 0.3) is 10.9 Å². The molecule has 1 aromatic heterocycles. The Morgan fingerprint density at radius 1 is 1.05 bits per heavy atom. The topological polar surface area (TPSA) is 30.9 Å². The molecule has 2 N–H and O–H groups in total. The van der Waals surface area contributed by atoms with Gasteiger partial charge in [-0.3, -0.25) is 0 Å². The van der Waals surface area contributed by atoms with E-state index in [1.165, 1.54) is 22.0 Å². The van der Waals surface area contributed by atoms with Gasteiger partial charge in [0, 0.05) is 35.2 Å². The summed E-state index contributed by atoms with van der Waals surface area (Å²) in [6.07, 6.45) is 2.10. The molecule has 0 fully saturated rings. The Morgan fingerprint density at radius 2 is 1.89 bits per heavy atom. The lowest BCUT2D eigenvalue weighted by molar-refractivity contribution is 0.837. The first-order valence-electron chi connectivity index (χ1n) is 6.29. The molecule has 0 saturated heterocycles. The maximum absolute atomic E-state index is 6.03. The van der Waals surface area contributed by atoms with Crippen LogP contribution in [0.3, 0.4) is 0 Å². The second-order valence-electron chi connectivity index (χ2n) is 4.63. The smallest absolute Gasteiger partial charge is 0.0486 e. The SMILES string of the molecule is NCc1cccc2c1ccn2Cc1cccc(Cl)c1. The average Bonchev–Trinajstić information content (AvgIpc) is 2.82. The van der Waals surface area contributed by atoms with Crippen molar-refractivity contribution in [3.63, 3.8) is 0 Å². The van der Waals surface area contributed by atoms with Crippen LogP contribution in [0, 0.1) is 0 Å². The number of hydrogen-bond acceptors (Lipinski definition) is 1. The Kier molecular flexibility index (Phi) is 3.28. The molecule has 0 aliphatic heterocycles. The van der Waals surface area contributed by atoms with Crippen LogP contribution in [0.15, 0.2) is 54.7 Å². The fourth-order valence-corrected chi connectivity index (χ4v) is 2.65. The molecule has 1 heterocycles.